The molecule has 1 unspecified atom stereocenters. The molecule has 46 heavy (non-hydrogen) atoms. The van der Waals surface area contributed by atoms with E-state index in [9.17, 15) is 46.1 Å². The van der Waals surface area contributed by atoms with Crippen LogP contribution in [0.5, 0.6) is 0 Å². The zero-order chi connectivity index (χ0) is 34.9. The highest BCUT2D eigenvalue weighted by Gasteiger charge is 2.45. The van der Waals surface area contributed by atoms with E-state index in [0.29, 0.717) is 44.8 Å². The highest BCUT2D eigenvalue weighted by Crippen LogP contribution is 2.36. The van der Waals surface area contributed by atoms with Crippen molar-refractivity contribution in [2.75, 3.05) is 13.1 Å². The normalized spacial score (nSPS) is 16.0. The summed E-state index contributed by atoms with van der Waals surface area (Å²) in [4.78, 5) is 56.5. The monoisotopic (exact) mass is 685 g/mol. The molecule has 0 aromatic heterocycles. The van der Waals surface area contributed by atoms with Crippen molar-refractivity contribution in [3.05, 3.63) is 10.1 Å². The number of aldehydes is 1. The van der Waals surface area contributed by atoms with E-state index in [1.165, 1.54) is 4.72 Å². The number of nitrogens with zero attached hydrogens (tertiary/aromatic N) is 3. The van der Waals surface area contributed by atoms with Gasteiger partial charge in [-0.2, -0.15) is 13.2 Å². The minimum atomic E-state index is -5.36. The molecule has 0 aromatic rings. The van der Waals surface area contributed by atoms with Crippen molar-refractivity contribution in [2.45, 2.75) is 121 Å². The van der Waals surface area contributed by atoms with E-state index >= 15 is 0 Å². The summed E-state index contributed by atoms with van der Waals surface area (Å²) in [5.41, 5.74) is 7.32. The van der Waals surface area contributed by atoms with Gasteiger partial charge in [-0.1, -0.05) is 58.8 Å². The molecular formula is C28H50F3N7O7S. The van der Waals surface area contributed by atoms with Gasteiger partial charge in [0, 0.05) is 19.0 Å². The third kappa shape index (κ3) is 14.6. The summed E-state index contributed by atoms with van der Waals surface area (Å²) in [7, 11) is -5.36. The van der Waals surface area contributed by atoms with E-state index in [0.717, 1.165) is 30.6 Å². The second kappa shape index (κ2) is 20.3. The summed E-state index contributed by atoms with van der Waals surface area (Å²) >= 11 is 0. The molecule has 1 aliphatic carbocycles. The lowest BCUT2D eigenvalue weighted by molar-refractivity contribution is -0.548. The van der Waals surface area contributed by atoms with Crippen molar-refractivity contribution in [1.82, 2.24) is 15.0 Å². The molecular weight excluding hydrogens is 635 g/mol. The average Bonchev–Trinajstić information content (AvgIpc) is 3.48. The van der Waals surface area contributed by atoms with Gasteiger partial charge in [0.05, 0.1) is 6.04 Å². The van der Waals surface area contributed by atoms with E-state index in [2.05, 4.69) is 4.99 Å². The molecule has 14 nitrogen and oxygen atoms in total. The highest BCUT2D eigenvalue weighted by atomic mass is 32.2. The van der Waals surface area contributed by atoms with Crippen LogP contribution < -0.4 is 21.6 Å². The Balaban J connectivity index is 2.99. The first-order valence-electron chi connectivity index (χ1n) is 15.9. The number of carbonyl (C=O) groups is 3. The molecule has 266 valence electrons. The SMILES string of the molecule is CC(C)C[C@@H](C=O)N(C(=O)C(CCCCCCCCNS(=O)(=O)C(F)(F)F)C1CCCC1)C(=O)[C@H](CCCN=C(N)N)N[N+](=O)[O-]. The number of nitro groups is 1. The van der Waals surface area contributed by atoms with Gasteiger partial charge in [0.1, 0.15) is 6.29 Å². The van der Waals surface area contributed by atoms with Gasteiger partial charge in [0.2, 0.25) is 5.91 Å². The van der Waals surface area contributed by atoms with E-state index in [-0.39, 0.29) is 56.6 Å². The number of carbonyl (C=O) groups excluding carboxylic acids is 3. The number of imide groups is 1. The van der Waals surface area contributed by atoms with Crippen LogP contribution in [0.3, 0.4) is 0 Å². The van der Waals surface area contributed by atoms with Gasteiger partial charge in [0.15, 0.2) is 17.0 Å². The fourth-order valence-corrected chi connectivity index (χ4v) is 6.34. The number of nitrogens with one attached hydrogen (secondary N) is 2. The standard InChI is InChI=1S/C28H50F3N7O7S/c1-20(2)18-22(19-39)37(26(41)24(36-38(42)43)15-11-16-34-27(32)33)25(40)23(21-12-8-9-13-21)14-7-5-3-4-6-10-17-35-46(44,45)28(29,30)31/h19-24,35-36H,3-18H2,1-2H3,(H4,32,33,34)/t22-,23?,24-/m0/s1. The van der Waals surface area contributed by atoms with Crippen LogP contribution in [0.15, 0.2) is 4.99 Å². The topological polar surface area (TPSA) is 220 Å². The zero-order valence-electron chi connectivity index (χ0n) is 26.7. The van der Waals surface area contributed by atoms with Crippen molar-refractivity contribution < 1.29 is 41.0 Å². The third-order valence-electron chi connectivity index (χ3n) is 8.01. The van der Waals surface area contributed by atoms with Gasteiger partial charge in [-0.15, -0.1) is 5.43 Å². The molecule has 0 aromatic carbocycles. The molecule has 1 fully saturated rings. The molecule has 2 amide bonds. The Morgan fingerprint density at radius 2 is 1.61 bits per heavy atom. The van der Waals surface area contributed by atoms with E-state index in [4.69, 9.17) is 11.5 Å². The second-order valence-electron chi connectivity index (χ2n) is 12.2. The number of amides is 2. The molecule has 18 heteroatoms. The Kier molecular flexibility index (Phi) is 18.1. The lowest BCUT2D eigenvalue weighted by Gasteiger charge is -2.34. The van der Waals surface area contributed by atoms with Crippen LogP contribution in [0, 0.1) is 27.9 Å². The first-order valence-corrected chi connectivity index (χ1v) is 17.3. The number of alkyl halides is 3. The molecule has 1 aliphatic rings. The average molecular weight is 686 g/mol. The summed E-state index contributed by atoms with van der Waals surface area (Å²) in [5.74, 6) is -2.20. The number of halogens is 3. The molecule has 0 radical (unpaired) electrons. The van der Waals surface area contributed by atoms with E-state index in [1.807, 2.05) is 19.3 Å². The second-order valence-corrected chi connectivity index (χ2v) is 13.9. The van der Waals surface area contributed by atoms with Gasteiger partial charge >= 0.3 is 15.5 Å². The first-order chi connectivity index (χ1) is 21.5. The largest absolute Gasteiger partial charge is 0.511 e. The van der Waals surface area contributed by atoms with Crippen LogP contribution in [0.2, 0.25) is 0 Å². The Labute approximate surface area is 268 Å². The summed E-state index contributed by atoms with van der Waals surface area (Å²) in [6.45, 7) is 3.46. The van der Waals surface area contributed by atoms with Crippen molar-refractivity contribution in [2.24, 2.45) is 34.2 Å². The third-order valence-corrected chi connectivity index (χ3v) is 9.20. The van der Waals surface area contributed by atoms with Gasteiger partial charge in [0.25, 0.3) is 5.91 Å². The molecule has 0 saturated heterocycles. The quantitative estimate of drug-likeness (QED) is 0.0307. The van der Waals surface area contributed by atoms with Crippen LogP contribution in [0.25, 0.3) is 0 Å². The predicted octanol–water partition coefficient (Wildman–Crippen LogP) is 3.14. The molecule has 1 rings (SSSR count). The fourth-order valence-electron chi connectivity index (χ4n) is 5.77. The van der Waals surface area contributed by atoms with E-state index in [1.54, 1.807) is 0 Å². The number of hydrazine groups is 1. The molecule has 0 aliphatic heterocycles. The highest BCUT2D eigenvalue weighted by molar-refractivity contribution is 7.90. The number of hydrogen-bond acceptors (Lipinski definition) is 8. The van der Waals surface area contributed by atoms with Crippen LogP contribution >= 0.6 is 0 Å². The maximum Gasteiger partial charge on any atom is 0.511 e. The Morgan fingerprint density at radius 1 is 1.02 bits per heavy atom. The van der Waals surface area contributed by atoms with Crippen LogP contribution in [-0.2, 0) is 24.4 Å². The molecule has 0 spiro atoms. The summed E-state index contributed by atoms with van der Waals surface area (Å²) in [6, 6.07) is -2.50. The maximum absolute atomic E-state index is 14.2. The number of rotatable bonds is 23. The van der Waals surface area contributed by atoms with Crippen LogP contribution in [0.4, 0.5) is 13.2 Å². The molecule has 0 heterocycles. The van der Waals surface area contributed by atoms with Crippen LogP contribution in [-0.4, -0.2) is 73.1 Å². The maximum atomic E-state index is 14.2. The van der Waals surface area contributed by atoms with Crippen molar-refractivity contribution >= 4 is 34.1 Å². The van der Waals surface area contributed by atoms with Gasteiger partial charge in [-0.25, -0.2) is 23.3 Å². The fraction of sp³-hybridized carbons (Fsp3) is 0.857. The first kappa shape index (κ1) is 41.0. The number of nitrogens with two attached hydrogens (primary N) is 2. The Morgan fingerprint density at radius 3 is 2.13 bits per heavy atom. The number of sulfonamides is 1. The van der Waals surface area contributed by atoms with E-state index < -0.39 is 50.4 Å². The lowest BCUT2D eigenvalue weighted by atomic mass is 9.84. The number of guanidine groups is 1. The molecule has 0 bridgehead atoms. The van der Waals surface area contributed by atoms with Gasteiger partial charge in [-0.05, 0) is 56.8 Å². The Bertz CT molecular complexity index is 1110. The molecule has 1 saturated carbocycles. The summed E-state index contributed by atoms with van der Waals surface area (Å²) in [6.07, 6.45) is 8.10. The minimum absolute atomic E-state index is 0.0143. The molecule has 3 atom stereocenters. The van der Waals surface area contributed by atoms with Crippen molar-refractivity contribution in [1.29, 1.82) is 0 Å². The van der Waals surface area contributed by atoms with Gasteiger partial charge < -0.3 is 16.3 Å². The predicted molar refractivity (Wildman–Crippen MR) is 166 cm³/mol. The summed E-state index contributed by atoms with van der Waals surface area (Å²) < 4.78 is 60.9. The smallest absolute Gasteiger partial charge is 0.370 e. The minimum Gasteiger partial charge on any atom is -0.370 e. The number of unbranched alkanes of at least 4 members (excludes halogenated alkanes) is 5. The van der Waals surface area contributed by atoms with Crippen molar-refractivity contribution in [3.8, 4) is 0 Å². The summed E-state index contributed by atoms with van der Waals surface area (Å²) in [5, 5.41) is 10.5. The van der Waals surface area contributed by atoms with Crippen molar-refractivity contribution in [3.63, 3.8) is 0 Å². The lowest BCUT2D eigenvalue weighted by Crippen LogP contribution is -2.56. The number of hydrogen-bond donors (Lipinski definition) is 4. The Hall–Kier alpha value is -3.02. The van der Waals surface area contributed by atoms with Gasteiger partial charge in [-0.3, -0.25) is 19.5 Å². The van der Waals surface area contributed by atoms with Crippen LogP contribution in [0.1, 0.15) is 104 Å². The number of aliphatic imine (C=N–C) groups is 1. The molecule has 6 N–H and O–H groups in total. The zero-order valence-corrected chi connectivity index (χ0v) is 27.5.